The summed E-state index contributed by atoms with van der Waals surface area (Å²) in [6.07, 6.45) is 1.43. The van der Waals surface area contributed by atoms with E-state index in [1.807, 2.05) is 0 Å². The molecule has 0 heterocycles. The van der Waals surface area contributed by atoms with E-state index in [0.717, 1.165) is 5.37 Å². The van der Waals surface area contributed by atoms with Gasteiger partial charge in [0.25, 0.3) is 0 Å². The van der Waals surface area contributed by atoms with Gasteiger partial charge in [0, 0.05) is 0 Å². The summed E-state index contributed by atoms with van der Waals surface area (Å²) in [5.41, 5.74) is 0. The molecule has 0 aromatic rings. The Labute approximate surface area is 56.4 Å². The van der Waals surface area contributed by atoms with E-state index >= 15 is 0 Å². The first-order valence-corrected chi connectivity index (χ1v) is 3.01. The van der Waals surface area contributed by atoms with Gasteiger partial charge in [0.05, 0.1) is 11.3 Å². The van der Waals surface area contributed by atoms with Gasteiger partial charge in [-0.2, -0.15) is 0 Å². The van der Waals surface area contributed by atoms with Crippen LogP contribution in [0.5, 0.6) is 0 Å². The maximum absolute atomic E-state index is 10.3. The van der Waals surface area contributed by atoms with Crippen molar-refractivity contribution >= 4 is 22.6 Å². The minimum atomic E-state index is -0.616. The molecule has 0 spiro atoms. The molecule has 0 aliphatic rings. The molecule has 0 aliphatic carbocycles. The molecule has 0 saturated carbocycles. The molecule has 4 heteroatoms. The highest BCUT2D eigenvalue weighted by molar-refractivity contribution is 7.66. The van der Waals surface area contributed by atoms with Gasteiger partial charge < -0.3 is 4.74 Å². The van der Waals surface area contributed by atoms with Crippen molar-refractivity contribution in [3.63, 3.8) is 0 Å². The summed E-state index contributed by atoms with van der Waals surface area (Å²) in [6.45, 7) is 3.47. The topological polar surface area (TPSA) is 43.4 Å². The molecule has 0 aromatic heterocycles. The molecule has 0 bridgehead atoms. The van der Waals surface area contributed by atoms with Gasteiger partial charge in [0.1, 0.15) is 12.0 Å². The van der Waals surface area contributed by atoms with Crippen LogP contribution in [-0.2, 0) is 20.8 Å². The number of ether oxygens (including phenoxy) is 1. The first-order valence-electron chi connectivity index (χ1n) is 2.20. The second-order valence-electron chi connectivity index (χ2n) is 1.13. The lowest BCUT2D eigenvalue weighted by Crippen LogP contribution is -2.04. The van der Waals surface area contributed by atoms with Crippen LogP contribution in [-0.4, -0.2) is 22.2 Å². The largest absolute Gasteiger partial charge is 0.458 e. The molecule has 0 aliphatic heterocycles. The summed E-state index contributed by atoms with van der Waals surface area (Å²) < 4.78 is 14.0. The SMILES string of the molecule is C=CCOC(=O)C=S=O. The predicted octanol–water partition coefficient (Wildman–Crippen LogP) is -0.269. The first-order chi connectivity index (χ1) is 4.31. The monoisotopic (exact) mass is 146 g/mol. The lowest BCUT2D eigenvalue weighted by molar-refractivity contribution is -0.133. The molecule has 0 aromatic carbocycles. The summed E-state index contributed by atoms with van der Waals surface area (Å²) in [6, 6.07) is 0. The number of hydrogen-bond donors (Lipinski definition) is 0. The molecule has 0 unspecified atom stereocenters. The highest BCUT2D eigenvalue weighted by atomic mass is 32.1. The Kier molecular flexibility index (Phi) is 4.72. The Morgan fingerprint density at radius 3 is 2.89 bits per heavy atom. The third-order valence-corrected chi connectivity index (χ3v) is 0.776. The second-order valence-corrected chi connectivity index (χ2v) is 1.56. The zero-order chi connectivity index (χ0) is 7.11. The summed E-state index contributed by atoms with van der Waals surface area (Å²) in [4.78, 5) is 10.3. The van der Waals surface area contributed by atoms with Crippen molar-refractivity contribution in [3.05, 3.63) is 12.7 Å². The normalized spacial score (nSPS) is 7.56. The van der Waals surface area contributed by atoms with Gasteiger partial charge in [-0.1, -0.05) is 12.7 Å². The fourth-order valence-electron chi connectivity index (χ4n) is 0.214. The molecule has 3 nitrogen and oxygen atoms in total. The third-order valence-electron chi connectivity index (χ3n) is 0.488. The average molecular weight is 146 g/mol. The van der Waals surface area contributed by atoms with Crippen molar-refractivity contribution in [1.29, 1.82) is 0 Å². The van der Waals surface area contributed by atoms with Crippen LogP contribution < -0.4 is 0 Å². The van der Waals surface area contributed by atoms with E-state index in [2.05, 4.69) is 11.3 Å². The van der Waals surface area contributed by atoms with Gasteiger partial charge >= 0.3 is 5.97 Å². The molecule has 0 fully saturated rings. The summed E-state index contributed by atoms with van der Waals surface area (Å²) in [5, 5.41) is 0.851. The van der Waals surface area contributed by atoms with Gasteiger partial charge in [-0.15, -0.1) is 0 Å². The first kappa shape index (κ1) is 8.10. The van der Waals surface area contributed by atoms with E-state index in [1.54, 1.807) is 0 Å². The molecule has 0 atom stereocenters. The van der Waals surface area contributed by atoms with Crippen molar-refractivity contribution in [1.82, 2.24) is 0 Å². The molecular weight excluding hydrogens is 140 g/mol. The van der Waals surface area contributed by atoms with Crippen LogP contribution in [0, 0.1) is 0 Å². The van der Waals surface area contributed by atoms with Crippen LogP contribution >= 0.6 is 0 Å². The van der Waals surface area contributed by atoms with Crippen LogP contribution in [0.4, 0.5) is 0 Å². The van der Waals surface area contributed by atoms with E-state index < -0.39 is 5.97 Å². The van der Waals surface area contributed by atoms with Crippen LogP contribution in [0.2, 0.25) is 0 Å². The molecule has 9 heavy (non-hydrogen) atoms. The van der Waals surface area contributed by atoms with E-state index in [0.29, 0.717) is 0 Å². The van der Waals surface area contributed by atoms with Crippen molar-refractivity contribution < 1.29 is 13.7 Å². The Morgan fingerprint density at radius 1 is 1.78 bits per heavy atom. The van der Waals surface area contributed by atoms with Gasteiger partial charge in [-0.25, -0.2) is 9.00 Å². The minimum Gasteiger partial charge on any atom is -0.458 e. The molecule has 0 N–H and O–H groups in total. The Balaban J connectivity index is 3.50. The molecule has 0 radical (unpaired) electrons. The van der Waals surface area contributed by atoms with Crippen LogP contribution in [0.1, 0.15) is 0 Å². The standard InChI is InChI=1S/C5H6O3S/c1-2-3-8-5(6)4-9-7/h2,4H,1,3H2. The second kappa shape index (κ2) is 5.24. The van der Waals surface area contributed by atoms with E-state index in [4.69, 9.17) is 0 Å². The van der Waals surface area contributed by atoms with E-state index in [-0.39, 0.29) is 17.9 Å². The van der Waals surface area contributed by atoms with Gasteiger partial charge in [0.2, 0.25) is 0 Å². The summed E-state index contributed by atoms with van der Waals surface area (Å²) in [7, 11) is 0. The zero-order valence-corrected chi connectivity index (χ0v) is 5.52. The van der Waals surface area contributed by atoms with Crippen molar-refractivity contribution in [2.45, 2.75) is 0 Å². The smallest absolute Gasteiger partial charge is 0.344 e. The predicted molar refractivity (Wildman–Crippen MR) is 35.4 cm³/mol. The highest BCUT2D eigenvalue weighted by Gasteiger charge is 1.91. The number of esters is 1. The van der Waals surface area contributed by atoms with Crippen molar-refractivity contribution in [2.24, 2.45) is 0 Å². The number of carbonyl (C=O) groups is 1. The third kappa shape index (κ3) is 4.96. The maximum atomic E-state index is 10.3. The van der Waals surface area contributed by atoms with Crippen molar-refractivity contribution in [2.75, 3.05) is 6.61 Å². The van der Waals surface area contributed by atoms with Gasteiger partial charge in [0.15, 0.2) is 0 Å². The van der Waals surface area contributed by atoms with E-state index in [9.17, 15) is 9.00 Å². The molecule has 0 saturated heterocycles. The molecule has 50 valence electrons. The lowest BCUT2D eigenvalue weighted by Gasteiger charge is -1.91. The quantitative estimate of drug-likeness (QED) is 0.313. The molecule has 0 rings (SSSR count). The number of rotatable bonds is 3. The van der Waals surface area contributed by atoms with Gasteiger partial charge in [-0.05, 0) is 0 Å². The fourth-order valence-corrected chi connectivity index (χ4v) is 0.361. The Hall–Kier alpha value is -0.900. The Morgan fingerprint density at radius 2 is 2.44 bits per heavy atom. The maximum Gasteiger partial charge on any atom is 0.344 e. The average Bonchev–Trinajstić information content (AvgIpc) is 1.85. The van der Waals surface area contributed by atoms with Crippen LogP contribution in [0.3, 0.4) is 0 Å². The van der Waals surface area contributed by atoms with Crippen LogP contribution in [0.25, 0.3) is 0 Å². The van der Waals surface area contributed by atoms with Crippen LogP contribution in [0.15, 0.2) is 12.7 Å². The number of hydrogen-bond acceptors (Lipinski definition) is 3. The summed E-state index contributed by atoms with van der Waals surface area (Å²) in [5.74, 6) is -0.616. The molecule has 0 amide bonds. The molecular formula is C5H6O3S. The van der Waals surface area contributed by atoms with Crippen molar-refractivity contribution in [3.8, 4) is 0 Å². The van der Waals surface area contributed by atoms with E-state index in [1.165, 1.54) is 6.08 Å². The Bertz CT molecular complexity index is 158. The minimum absolute atomic E-state index is 0.0763. The highest BCUT2D eigenvalue weighted by Crippen LogP contribution is 1.72. The van der Waals surface area contributed by atoms with Gasteiger partial charge in [-0.3, -0.25) is 0 Å². The number of carbonyl (C=O) groups excluding carboxylic acids is 1. The summed E-state index contributed by atoms with van der Waals surface area (Å²) >= 11 is 0.0763. The lowest BCUT2D eigenvalue weighted by atomic mass is 10.7. The fraction of sp³-hybridized carbons (Fsp3) is 0.200. The zero-order valence-electron chi connectivity index (χ0n) is 4.70.